The lowest BCUT2D eigenvalue weighted by atomic mass is 10.1. The van der Waals surface area contributed by atoms with Gasteiger partial charge in [0.25, 0.3) is 0 Å². The monoisotopic (exact) mass is 283 g/mol. The van der Waals surface area contributed by atoms with E-state index < -0.39 is 10.0 Å². The van der Waals surface area contributed by atoms with E-state index >= 15 is 0 Å². The number of hydrogen-bond donors (Lipinski definition) is 2. The van der Waals surface area contributed by atoms with Gasteiger partial charge in [-0.05, 0) is 11.1 Å². The molecule has 0 bridgehead atoms. The van der Waals surface area contributed by atoms with Crippen LogP contribution in [0.3, 0.4) is 0 Å². The van der Waals surface area contributed by atoms with Crippen molar-refractivity contribution in [2.45, 2.75) is 12.3 Å². The Morgan fingerprint density at radius 2 is 1.89 bits per heavy atom. The summed E-state index contributed by atoms with van der Waals surface area (Å²) in [6.07, 6.45) is 1.55. The number of aromatic nitrogens is 1. The Balaban J connectivity index is 2.07. The van der Waals surface area contributed by atoms with E-state index in [1.165, 1.54) is 11.3 Å². The number of nitrogens with zero attached hydrogens (tertiary/aromatic N) is 1. The third kappa shape index (κ3) is 3.52. The van der Waals surface area contributed by atoms with Crippen molar-refractivity contribution in [2.75, 3.05) is 4.72 Å². The van der Waals surface area contributed by atoms with Crippen molar-refractivity contribution in [3.05, 3.63) is 47.0 Å². The zero-order valence-corrected chi connectivity index (χ0v) is 11.2. The highest BCUT2D eigenvalue weighted by molar-refractivity contribution is 7.92. The molecule has 0 saturated heterocycles. The summed E-state index contributed by atoms with van der Waals surface area (Å²) < 4.78 is 26.1. The van der Waals surface area contributed by atoms with Crippen molar-refractivity contribution in [3.8, 4) is 0 Å². The van der Waals surface area contributed by atoms with Gasteiger partial charge in [-0.2, -0.15) is 0 Å². The van der Waals surface area contributed by atoms with Gasteiger partial charge in [-0.15, -0.1) is 11.3 Å². The second-order valence-corrected chi connectivity index (χ2v) is 6.34. The molecule has 0 amide bonds. The number of anilines is 1. The van der Waals surface area contributed by atoms with Crippen LogP contribution in [0.2, 0.25) is 0 Å². The second kappa shape index (κ2) is 5.47. The van der Waals surface area contributed by atoms with Crippen molar-refractivity contribution in [3.63, 3.8) is 0 Å². The summed E-state index contributed by atoms with van der Waals surface area (Å²) >= 11 is 1.25. The molecule has 5 nitrogen and oxygen atoms in total. The van der Waals surface area contributed by atoms with Crippen LogP contribution in [0.5, 0.6) is 0 Å². The molecule has 0 radical (unpaired) electrons. The standard InChI is InChI=1S/C11H13N3O2S2/c12-7-9-1-3-10(4-2-9)8-18(15,16)14-11-13-5-6-17-11/h1-6H,7-8,12H2,(H,13,14). The van der Waals surface area contributed by atoms with Crippen LogP contribution in [0.4, 0.5) is 5.13 Å². The molecule has 0 saturated carbocycles. The van der Waals surface area contributed by atoms with Crippen LogP contribution in [0.25, 0.3) is 0 Å². The molecule has 0 atom stereocenters. The number of thiazole rings is 1. The first kappa shape index (κ1) is 13.0. The number of sulfonamides is 1. The molecular weight excluding hydrogens is 270 g/mol. The van der Waals surface area contributed by atoms with E-state index in [9.17, 15) is 8.42 Å². The van der Waals surface area contributed by atoms with Gasteiger partial charge in [0.05, 0.1) is 5.75 Å². The second-order valence-electron chi connectivity index (χ2n) is 3.72. The van der Waals surface area contributed by atoms with E-state index in [4.69, 9.17) is 5.73 Å². The molecule has 0 unspecified atom stereocenters. The predicted octanol–water partition coefficient (Wildman–Crippen LogP) is 1.54. The Bertz CT molecular complexity index is 592. The zero-order chi connectivity index (χ0) is 13.0. The van der Waals surface area contributed by atoms with Crippen LogP contribution in [-0.4, -0.2) is 13.4 Å². The smallest absolute Gasteiger partial charge is 0.238 e. The maximum atomic E-state index is 11.9. The third-order valence-electron chi connectivity index (χ3n) is 2.29. The number of rotatable bonds is 5. The molecule has 1 aromatic carbocycles. The Labute approximate surface area is 110 Å². The van der Waals surface area contributed by atoms with Crippen molar-refractivity contribution in [1.82, 2.24) is 4.98 Å². The van der Waals surface area contributed by atoms with Crippen molar-refractivity contribution >= 4 is 26.5 Å². The first-order valence-corrected chi connectivity index (χ1v) is 7.80. The summed E-state index contributed by atoms with van der Waals surface area (Å²) in [5, 5.41) is 2.10. The Kier molecular flexibility index (Phi) is 3.95. The summed E-state index contributed by atoms with van der Waals surface area (Å²) in [5.74, 6) is -0.0720. The van der Waals surface area contributed by atoms with Crippen molar-refractivity contribution < 1.29 is 8.42 Å². The summed E-state index contributed by atoms with van der Waals surface area (Å²) in [6, 6.07) is 7.19. The number of benzene rings is 1. The largest absolute Gasteiger partial charge is 0.326 e. The Morgan fingerprint density at radius 3 is 2.44 bits per heavy atom. The van der Waals surface area contributed by atoms with E-state index in [0.717, 1.165) is 11.1 Å². The van der Waals surface area contributed by atoms with Crippen LogP contribution >= 0.6 is 11.3 Å². The fourth-order valence-corrected chi connectivity index (χ4v) is 3.40. The molecule has 18 heavy (non-hydrogen) atoms. The molecule has 2 aromatic rings. The minimum absolute atomic E-state index is 0.0720. The molecule has 1 heterocycles. The van der Waals surface area contributed by atoms with E-state index in [0.29, 0.717) is 11.7 Å². The number of nitrogens with two attached hydrogens (primary N) is 1. The molecule has 96 valence electrons. The fourth-order valence-electron chi connectivity index (χ4n) is 1.43. The lowest BCUT2D eigenvalue weighted by Crippen LogP contribution is -2.14. The molecule has 0 fully saturated rings. The average Bonchev–Trinajstić information content (AvgIpc) is 2.81. The first-order chi connectivity index (χ1) is 8.59. The minimum atomic E-state index is -3.41. The Hall–Kier alpha value is -1.44. The molecule has 1 aromatic heterocycles. The van der Waals surface area contributed by atoms with Gasteiger partial charge < -0.3 is 5.73 Å². The zero-order valence-electron chi connectivity index (χ0n) is 9.54. The van der Waals surface area contributed by atoms with Crippen LogP contribution in [0.15, 0.2) is 35.8 Å². The summed E-state index contributed by atoms with van der Waals surface area (Å²) in [4.78, 5) is 3.88. The van der Waals surface area contributed by atoms with Gasteiger partial charge in [0, 0.05) is 18.1 Å². The van der Waals surface area contributed by atoms with Gasteiger partial charge in [-0.3, -0.25) is 4.72 Å². The molecule has 7 heteroatoms. The van der Waals surface area contributed by atoms with Crippen LogP contribution < -0.4 is 10.5 Å². The van der Waals surface area contributed by atoms with Crippen LogP contribution in [-0.2, 0) is 22.3 Å². The van der Waals surface area contributed by atoms with Gasteiger partial charge in [0.15, 0.2) is 5.13 Å². The summed E-state index contributed by atoms with van der Waals surface area (Å²) in [7, 11) is -3.41. The van der Waals surface area contributed by atoms with Gasteiger partial charge >= 0.3 is 0 Å². The van der Waals surface area contributed by atoms with Crippen LogP contribution in [0.1, 0.15) is 11.1 Å². The first-order valence-electron chi connectivity index (χ1n) is 5.27. The van der Waals surface area contributed by atoms with Crippen LogP contribution in [0, 0.1) is 0 Å². The summed E-state index contributed by atoms with van der Waals surface area (Å²) in [6.45, 7) is 0.449. The van der Waals surface area contributed by atoms with Gasteiger partial charge in [-0.1, -0.05) is 24.3 Å². The predicted molar refractivity (Wildman–Crippen MR) is 72.7 cm³/mol. The third-order valence-corrected chi connectivity index (χ3v) is 4.33. The fraction of sp³-hybridized carbons (Fsp3) is 0.182. The lowest BCUT2D eigenvalue weighted by Gasteiger charge is -2.05. The molecule has 0 aliphatic carbocycles. The molecule has 0 spiro atoms. The van der Waals surface area contributed by atoms with Gasteiger partial charge in [-0.25, -0.2) is 13.4 Å². The SMILES string of the molecule is NCc1ccc(CS(=O)(=O)Nc2nccs2)cc1. The summed E-state index contributed by atoms with van der Waals surface area (Å²) in [5.41, 5.74) is 7.17. The van der Waals surface area contributed by atoms with E-state index in [-0.39, 0.29) is 5.75 Å². The van der Waals surface area contributed by atoms with E-state index in [1.54, 1.807) is 23.7 Å². The number of nitrogens with one attached hydrogen (secondary N) is 1. The average molecular weight is 283 g/mol. The molecule has 3 N–H and O–H groups in total. The maximum Gasteiger partial charge on any atom is 0.238 e. The quantitative estimate of drug-likeness (QED) is 0.871. The number of hydrogen-bond acceptors (Lipinski definition) is 5. The molecule has 0 aliphatic heterocycles. The molecule has 0 aliphatic rings. The minimum Gasteiger partial charge on any atom is -0.326 e. The van der Waals surface area contributed by atoms with Crippen molar-refractivity contribution in [2.24, 2.45) is 5.73 Å². The maximum absolute atomic E-state index is 11.9. The van der Waals surface area contributed by atoms with Crippen molar-refractivity contribution in [1.29, 1.82) is 0 Å². The Morgan fingerprint density at radius 1 is 1.22 bits per heavy atom. The highest BCUT2D eigenvalue weighted by Crippen LogP contribution is 2.15. The van der Waals surface area contributed by atoms with Gasteiger partial charge in [0.2, 0.25) is 10.0 Å². The normalized spacial score (nSPS) is 11.4. The van der Waals surface area contributed by atoms with E-state index in [1.807, 2.05) is 12.1 Å². The molecule has 2 rings (SSSR count). The molecular formula is C11H13N3O2S2. The highest BCUT2D eigenvalue weighted by atomic mass is 32.2. The van der Waals surface area contributed by atoms with E-state index in [2.05, 4.69) is 9.71 Å². The van der Waals surface area contributed by atoms with Gasteiger partial charge in [0.1, 0.15) is 0 Å². The topological polar surface area (TPSA) is 85.1 Å². The highest BCUT2D eigenvalue weighted by Gasteiger charge is 2.12. The lowest BCUT2D eigenvalue weighted by molar-refractivity contribution is 0.600.